The van der Waals surface area contributed by atoms with Crippen LogP contribution in [0.4, 0.5) is 0 Å². The van der Waals surface area contributed by atoms with Gasteiger partial charge in [0.1, 0.15) is 25.0 Å². The van der Waals surface area contributed by atoms with Crippen molar-refractivity contribution in [3.63, 3.8) is 0 Å². The monoisotopic (exact) mass is 676 g/mol. The van der Waals surface area contributed by atoms with E-state index in [4.69, 9.17) is 15.0 Å². The largest absolute Gasteiger partial charge is 0.461 e. The van der Waals surface area contributed by atoms with Gasteiger partial charge in [0, 0.05) is 29.5 Å². The molecule has 49 heavy (non-hydrogen) atoms. The minimum atomic E-state index is -0.877. The highest BCUT2D eigenvalue weighted by Crippen LogP contribution is 2.30. The number of H-pyrrole nitrogens is 1. The number of amides is 1. The van der Waals surface area contributed by atoms with Crippen LogP contribution in [0, 0.1) is 12.8 Å². The fourth-order valence-corrected chi connectivity index (χ4v) is 4.88. The Morgan fingerprint density at radius 2 is 1.55 bits per heavy atom. The van der Waals surface area contributed by atoms with Crippen LogP contribution in [-0.2, 0) is 19.1 Å². The van der Waals surface area contributed by atoms with Gasteiger partial charge in [-0.25, -0.2) is 9.59 Å². The average Bonchev–Trinajstić information content (AvgIpc) is 3.47. The lowest BCUT2D eigenvalue weighted by Gasteiger charge is -2.22. The molecule has 1 saturated heterocycles. The number of hydrogen-bond donors (Lipinski definition) is 2. The first-order chi connectivity index (χ1) is 23.7. The van der Waals surface area contributed by atoms with E-state index in [1.807, 2.05) is 12.2 Å². The van der Waals surface area contributed by atoms with Crippen molar-refractivity contribution >= 4 is 11.9 Å². The molecule has 0 aliphatic carbocycles. The van der Waals surface area contributed by atoms with E-state index in [2.05, 4.69) is 88.0 Å². The zero-order chi connectivity index (χ0) is 35.9. The van der Waals surface area contributed by atoms with Gasteiger partial charge >= 0.3 is 11.7 Å². The van der Waals surface area contributed by atoms with Crippen molar-refractivity contribution in [2.75, 3.05) is 6.61 Å². The maximum absolute atomic E-state index is 13.0. The molecule has 1 aromatic rings. The number of ether oxygens (including phenoxy) is 2. The van der Waals surface area contributed by atoms with E-state index >= 15 is 0 Å². The molecular formula is C37H52N6O6. The van der Waals surface area contributed by atoms with Crippen LogP contribution in [0.25, 0.3) is 10.4 Å². The van der Waals surface area contributed by atoms with Gasteiger partial charge in [-0.3, -0.25) is 19.1 Å². The van der Waals surface area contributed by atoms with E-state index in [9.17, 15) is 19.2 Å². The number of aryl methyl sites for hydroxylation is 1. The average molecular weight is 677 g/mol. The van der Waals surface area contributed by atoms with Crippen LogP contribution in [0.1, 0.15) is 90.3 Å². The summed E-state index contributed by atoms with van der Waals surface area (Å²) in [5.41, 5.74) is 8.16. The van der Waals surface area contributed by atoms with Crippen molar-refractivity contribution in [1.29, 1.82) is 0 Å². The van der Waals surface area contributed by atoms with E-state index in [0.717, 1.165) is 38.5 Å². The first-order valence-electron chi connectivity index (χ1n) is 17.1. The first-order valence-corrected chi connectivity index (χ1v) is 17.1. The summed E-state index contributed by atoms with van der Waals surface area (Å²) in [5.74, 6) is -1.15. The van der Waals surface area contributed by atoms with Crippen molar-refractivity contribution in [3.05, 3.63) is 116 Å². The Labute approximate surface area is 289 Å². The van der Waals surface area contributed by atoms with Gasteiger partial charge in [-0.1, -0.05) is 98.8 Å². The lowest BCUT2D eigenvalue weighted by Crippen LogP contribution is -2.46. The Hall–Kier alpha value is -4.67. The molecule has 2 heterocycles. The normalized spacial score (nSPS) is 18.9. The predicted octanol–water partition coefficient (Wildman–Crippen LogP) is 6.97. The molecule has 1 unspecified atom stereocenters. The summed E-state index contributed by atoms with van der Waals surface area (Å²) in [6.07, 6.45) is 31.7. The van der Waals surface area contributed by atoms with E-state index in [1.165, 1.54) is 10.8 Å². The number of esters is 1. The number of nitrogens with zero attached hydrogens (tertiary/aromatic N) is 4. The Morgan fingerprint density at radius 1 is 1.00 bits per heavy atom. The molecule has 12 nitrogen and oxygen atoms in total. The number of rotatable bonds is 21. The molecule has 1 aliphatic heterocycles. The molecule has 2 rings (SSSR count). The second-order valence-corrected chi connectivity index (χ2v) is 12.0. The summed E-state index contributed by atoms with van der Waals surface area (Å²) >= 11 is 0. The molecule has 4 atom stereocenters. The fourth-order valence-electron chi connectivity index (χ4n) is 4.88. The number of allylic oxidation sites excluding steroid dienone is 12. The van der Waals surface area contributed by atoms with Gasteiger partial charge in [0.05, 0.1) is 6.04 Å². The van der Waals surface area contributed by atoms with Crippen LogP contribution >= 0.6 is 0 Å². The van der Waals surface area contributed by atoms with E-state index in [-0.39, 0.29) is 31.3 Å². The first kappa shape index (κ1) is 40.5. The third-order valence-electron chi connectivity index (χ3n) is 7.62. The molecule has 0 aromatic carbocycles. The fraction of sp³-hybridized carbons (Fsp3) is 0.514. The van der Waals surface area contributed by atoms with Crippen LogP contribution in [0.3, 0.4) is 0 Å². The minimum absolute atomic E-state index is 0.149. The van der Waals surface area contributed by atoms with Crippen LogP contribution in [0.15, 0.2) is 93.8 Å². The van der Waals surface area contributed by atoms with Gasteiger partial charge in [0.2, 0.25) is 5.91 Å². The van der Waals surface area contributed by atoms with E-state index in [1.54, 1.807) is 20.8 Å². The maximum Gasteiger partial charge on any atom is 0.330 e. The molecule has 266 valence electrons. The molecule has 1 fully saturated rings. The Bertz CT molecular complexity index is 1530. The molecule has 2 N–H and O–H groups in total. The topological polar surface area (TPSA) is 168 Å². The molecule has 0 saturated carbocycles. The summed E-state index contributed by atoms with van der Waals surface area (Å²) in [5, 5.41) is 6.50. The highest BCUT2D eigenvalue weighted by Gasteiger charge is 2.38. The minimum Gasteiger partial charge on any atom is -0.461 e. The van der Waals surface area contributed by atoms with Crippen LogP contribution < -0.4 is 16.6 Å². The number of hydrogen-bond acceptors (Lipinski definition) is 7. The van der Waals surface area contributed by atoms with Gasteiger partial charge in [-0.05, 0) is 63.3 Å². The maximum atomic E-state index is 13.0. The van der Waals surface area contributed by atoms with E-state index in [0.29, 0.717) is 12.0 Å². The van der Waals surface area contributed by atoms with Gasteiger partial charge in [-0.2, -0.15) is 0 Å². The highest BCUT2D eigenvalue weighted by molar-refractivity contribution is 5.84. The Morgan fingerprint density at radius 3 is 2.08 bits per heavy atom. The standard InChI is InChI=1S/C37H52N6O6/c1-5-6-7-8-9-10-11-12-13-14-15-16-17-18-19-20-21-22-23-24-32(44)39-34(28(2)3)36(46)48-27-31-30(41-42-38)25-33(49-31)43-26-29(4)35(45)40-37(43)47/h6-7,9-10,12-13,15-16,18-19,21-22,26,28,30-31,33-34H,5,8,11,14,17,20,23-25,27H2,1-4H3,(H,39,44)(H,40,45,47)/b7-6-,10-9-,13-12-,16-15-,19-18-,22-21-/t30-,31+,33-,34?/m0/s1. The quantitative estimate of drug-likeness (QED) is 0.0468. The lowest BCUT2D eigenvalue weighted by molar-refractivity contribution is -0.153. The van der Waals surface area contributed by atoms with Gasteiger partial charge in [-0.15, -0.1) is 0 Å². The second-order valence-electron chi connectivity index (χ2n) is 12.0. The Kier molecular flexibility index (Phi) is 19.5. The molecule has 0 bridgehead atoms. The van der Waals surface area contributed by atoms with Crippen LogP contribution in [0.5, 0.6) is 0 Å². The summed E-state index contributed by atoms with van der Waals surface area (Å²) < 4.78 is 12.6. The predicted molar refractivity (Wildman–Crippen MR) is 193 cm³/mol. The van der Waals surface area contributed by atoms with E-state index < -0.39 is 41.6 Å². The molecule has 12 heteroatoms. The number of nitrogens with one attached hydrogen (secondary N) is 2. The number of carbonyl (C=O) groups is 2. The van der Waals surface area contributed by atoms with Crippen LogP contribution in [0.2, 0.25) is 0 Å². The third kappa shape index (κ3) is 15.9. The van der Waals surface area contributed by atoms with Crippen LogP contribution in [-0.4, -0.2) is 46.2 Å². The SMILES string of the molecule is CC/C=C\C/C=C\C/C=C\C/C=C\C/C=C\C/C=C\CCC(=O)NC(C(=O)OC[C@H]1O[C@H](n2cc(C)c(=O)[nH]c2=O)C[C@@H]1N=[N+]=[N-])C(C)C. The molecule has 1 amide bonds. The number of aromatic amines is 1. The van der Waals surface area contributed by atoms with Crippen molar-refractivity contribution < 1.29 is 19.1 Å². The van der Waals surface area contributed by atoms with Gasteiger partial charge < -0.3 is 14.8 Å². The summed E-state index contributed by atoms with van der Waals surface area (Å²) in [6.45, 7) is 7.04. The van der Waals surface area contributed by atoms with Crippen molar-refractivity contribution in [3.8, 4) is 0 Å². The zero-order valence-electron chi connectivity index (χ0n) is 29.2. The van der Waals surface area contributed by atoms with Gasteiger partial charge in [0.25, 0.3) is 5.56 Å². The molecule has 0 spiro atoms. The molecular weight excluding hydrogens is 624 g/mol. The molecule has 0 radical (unpaired) electrons. The number of aromatic nitrogens is 2. The lowest BCUT2D eigenvalue weighted by atomic mass is 10.0. The smallest absolute Gasteiger partial charge is 0.330 e. The number of carbonyl (C=O) groups excluding carboxylic acids is 2. The number of azide groups is 1. The van der Waals surface area contributed by atoms with Crippen molar-refractivity contribution in [2.24, 2.45) is 11.0 Å². The molecule has 1 aliphatic rings. The van der Waals surface area contributed by atoms with Gasteiger partial charge in [0.15, 0.2) is 0 Å². The summed E-state index contributed by atoms with van der Waals surface area (Å²) in [4.78, 5) is 54.7. The Balaban J connectivity index is 1.70. The summed E-state index contributed by atoms with van der Waals surface area (Å²) in [6, 6.07) is -1.59. The molecule has 1 aromatic heterocycles. The van der Waals surface area contributed by atoms with Crippen molar-refractivity contribution in [2.45, 2.75) is 110 Å². The summed E-state index contributed by atoms with van der Waals surface area (Å²) in [7, 11) is 0. The highest BCUT2D eigenvalue weighted by atomic mass is 16.6. The second kappa shape index (κ2) is 23.6. The zero-order valence-corrected chi connectivity index (χ0v) is 29.2. The van der Waals surface area contributed by atoms with Crippen molar-refractivity contribution in [1.82, 2.24) is 14.9 Å². The third-order valence-corrected chi connectivity index (χ3v) is 7.62.